The molecule has 0 aromatic carbocycles. The third-order valence-electron chi connectivity index (χ3n) is 2.39. The minimum Gasteiger partial charge on any atom is -0.491 e. The van der Waals surface area contributed by atoms with Gasteiger partial charge in [-0.3, -0.25) is 4.98 Å². The van der Waals surface area contributed by atoms with E-state index in [2.05, 4.69) is 31.1 Å². The number of aromatic nitrogens is 1. The van der Waals surface area contributed by atoms with E-state index in [0.29, 0.717) is 19.3 Å². The lowest BCUT2D eigenvalue weighted by Crippen LogP contribution is -2.22. The topological polar surface area (TPSA) is 43.4 Å². The smallest absolute Gasteiger partial charge is 0.126 e. The molecule has 1 rings (SSSR count). The summed E-state index contributed by atoms with van der Waals surface area (Å²) >= 11 is 0. The molecule has 0 amide bonds. The van der Waals surface area contributed by atoms with Gasteiger partial charge in [0.25, 0.3) is 0 Å². The van der Waals surface area contributed by atoms with Crippen LogP contribution in [0.1, 0.15) is 32.8 Å². The first-order chi connectivity index (χ1) is 8.74. The summed E-state index contributed by atoms with van der Waals surface area (Å²) in [6.45, 7) is 9.12. The van der Waals surface area contributed by atoms with Crippen molar-refractivity contribution in [2.24, 2.45) is 0 Å². The first kappa shape index (κ1) is 14.9. The highest BCUT2D eigenvalue weighted by molar-refractivity contribution is 5.29. The number of nitrogens with one attached hydrogen (secondary N) is 1. The molecule has 1 N–H and O–H groups in total. The molecule has 0 saturated carbocycles. The second-order valence-electron chi connectivity index (χ2n) is 4.48. The molecule has 0 bridgehead atoms. The maximum absolute atomic E-state index is 5.71. The van der Waals surface area contributed by atoms with Crippen LogP contribution in [-0.2, 0) is 11.3 Å². The highest BCUT2D eigenvalue weighted by atomic mass is 16.5. The third kappa shape index (κ3) is 5.98. The Morgan fingerprint density at radius 1 is 1.28 bits per heavy atom. The molecule has 0 fully saturated rings. The Bertz CT molecular complexity index is 329. The van der Waals surface area contributed by atoms with Gasteiger partial charge >= 0.3 is 0 Å². The maximum atomic E-state index is 5.71. The van der Waals surface area contributed by atoms with E-state index in [1.54, 1.807) is 6.20 Å². The van der Waals surface area contributed by atoms with Crippen molar-refractivity contribution in [1.82, 2.24) is 10.3 Å². The van der Waals surface area contributed by atoms with Crippen LogP contribution in [0, 0.1) is 0 Å². The molecule has 0 aliphatic carbocycles. The van der Waals surface area contributed by atoms with Crippen LogP contribution >= 0.6 is 0 Å². The lowest BCUT2D eigenvalue weighted by atomic mass is 10.2. The van der Waals surface area contributed by atoms with E-state index in [9.17, 15) is 0 Å². The molecule has 0 spiro atoms. The van der Waals surface area contributed by atoms with Crippen LogP contribution in [0.2, 0.25) is 0 Å². The Kier molecular flexibility index (Phi) is 7.37. The highest BCUT2D eigenvalue weighted by Gasteiger charge is 2.04. The molecule has 4 nitrogen and oxygen atoms in total. The van der Waals surface area contributed by atoms with E-state index in [-0.39, 0.29) is 0 Å². The van der Waals surface area contributed by atoms with E-state index in [1.807, 2.05) is 12.3 Å². The van der Waals surface area contributed by atoms with E-state index in [1.165, 1.54) is 0 Å². The van der Waals surface area contributed by atoms with E-state index in [0.717, 1.165) is 30.9 Å². The Hall–Kier alpha value is -1.13. The SMILES string of the molecule is CCCOCCOc1ccncc1CNC(C)C. The quantitative estimate of drug-likeness (QED) is 0.685. The summed E-state index contributed by atoms with van der Waals surface area (Å²) in [7, 11) is 0. The highest BCUT2D eigenvalue weighted by Crippen LogP contribution is 2.16. The van der Waals surface area contributed by atoms with Gasteiger partial charge in [0.05, 0.1) is 6.61 Å². The number of hydrogen-bond acceptors (Lipinski definition) is 4. The molecule has 0 saturated heterocycles. The molecule has 0 aliphatic rings. The lowest BCUT2D eigenvalue weighted by molar-refractivity contribution is 0.100. The van der Waals surface area contributed by atoms with Gasteiger partial charge in [-0.25, -0.2) is 0 Å². The normalized spacial score (nSPS) is 10.9. The first-order valence-corrected chi connectivity index (χ1v) is 6.60. The number of rotatable bonds is 9. The van der Waals surface area contributed by atoms with Crippen LogP contribution in [0.25, 0.3) is 0 Å². The first-order valence-electron chi connectivity index (χ1n) is 6.60. The number of pyridine rings is 1. The van der Waals surface area contributed by atoms with Gasteiger partial charge in [0, 0.05) is 37.2 Å². The Morgan fingerprint density at radius 3 is 2.83 bits per heavy atom. The average Bonchev–Trinajstić information content (AvgIpc) is 2.37. The summed E-state index contributed by atoms with van der Waals surface area (Å²) in [4.78, 5) is 4.13. The van der Waals surface area contributed by atoms with Crippen LogP contribution in [-0.4, -0.2) is 30.8 Å². The Labute approximate surface area is 110 Å². The zero-order valence-corrected chi connectivity index (χ0v) is 11.6. The molecular formula is C14H24N2O2. The summed E-state index contributed by atoms with van der Waals surface area (Å²) in [5.74, 6) is 0.887. The molecule has 102 valence electrons. The summed E-state index contributed by atoms with van der Waals surface area (Å²) in [6, 6.07) is 2.35. The van der Waals surface area contributed by atoms with Crippen LogP contribution in [0.3, 0.4) is 0 Å². The molecule has 4 heteroatoms. The second kappa shape index (κ2) is 8.89. The molecule has 1 aromatic rings. The van der Waals surface area contributed by atoms with Gasteiger partial charge in [0.15, 0.2) is 0 Å². The fourth-order valence-electron chi connectivity index (χ4n) is 1.46. The van der Waals surface area contributed by atoms with Crippen LogP contribution in [0.15, 0.2) is 18.5 Å². The van der Waals surface area contributed by atoms with Crippen molar-refractivity contribution in [2.45, 2.75) is 39.8 Å². The monoisotopic (exact) mass is 252 g/mol. The maximum Gasteiger partial charge on any atom is 0.126 e. The molecule has 1 aromatic heterocycles. The molecule has 0 unspecified atom stereocenters. The molecule has 1 heterocycles. The second-order valence-corrected chi connectivity index (χ2v) is 4.48. The minimum absolute atomic E-state index is 0.450. The largest absolute Gasteiger partial charge is 0.491 e. The number of nitrogens with zero attached hydrogens (tertiary/aromatic N) is 1. The van der Waals surface area contributed by atoms with E-state index >= 15 is 0 Å². The molecule has 0 aliphatic heterocycles. The van der Waals surface area contributed by atoms with Gasteiger partial charge in [-0.15, -0.1) is 0 Å². The van der Waals surface area contributed by atoms with Gasteiger partial charge in [-0.1, -0.05) is 20.8 Å². The van der Waals surface area contributed by atoms with Gasteiger partial charge in [-0.2, -0.15) is 0 Å². The van der Waals surface area contributed by atoms with Crippen LogP contribution < -0.4 is 10.1 Å². The van der Waals surface area contributed by atoms with Crippen molar-refractivity contribution >= 4 is 0 Å². The summed E-state index contributed by atoms with van der Waals surface area (Å²) in [5.41, 5.74) is 1.08. The summed E-state index contributed by atoms with van der Waals surface area (Å²) in [6.07, 6.45) is 4.64. The Morgan fingerprint density at radius 2 is 2.11 bits per heavy atom. The van der Waals surface area contributed by atoms with Crippen molar-refractivity contribution in [3.8, 4) is 5.75 Å². The van der Waals surface area contributed by atoms with E-state index in [4.69, 9.17) is 9.47 Å². The fraction of sp³-hybridized carbons (Fsp3) is 0.643. The van der Waals surface area contributed by atoms with E-state index < -0.39 is 0 Å². The molecular weight excluding hydrogens is 228 g/mol. The van der Waals surface area contributed by atoms with Crippen LogP contribution in [0.5, 0.6) is 5.75 Å². The molecule has 18 heavy (non-hydrogen) atoms. The average molecular weight is 252 g/mol. The molecule has 0 radical (unpaired) electrons. The molecule has 0 atom stereocenters. The van der Waals surface area contributed by atoms with Crippen molar-refractivity contribution in [3.63, 3.8) is 0 Å². The van der Waals surface area contributed by atoms with Crippen LogP contribution in [0.4, 0.5) is 0 Å². The van der Waals surface area contributed by atoms with Gasteiger partial charge in [0.1, 0.15) is 12.4 Å². The predicted octanol–water partition coefficient (Wildman–Crippen LogP) is 2.39. The zero-order chi connectivity index (χ0) is 13.2. The predicted molar refractivity (Wildman–Crippen MR) is 72.8 cm³/mol. The fourth-order valence-corrected chi connectivity index (χ4v) is 1.46. The summed E-state index contributed by atoms with van der Waals surface area (Å²) < 4.78 is 11.1. The van der Waals surface area contributed by atoms with Crippen molar-refractivity contribution in [3.05, 3.63) is 24.0 Å². The standard InChI is InChI=1S/C14H24N2O2/c1-4-7-17-8-9-18-14-5-6-15-10-13(14)11-16-12(2)3/h5-6,10,12,16H,4,7-9,11H2,1-3H3. The zero-order valence-electron chi connectivity index (χ0n) is 11.6. The number of ether oxygens (including phenoxy) is 2. The van der Waals surface area contributed by atoms with Crippen molar-refractivity contribution in [2.75, 3.05) is 19.8 Å². The van der Waals surface area contributed by atoms with Gasteiger partial charge in [0.2, 0.25) is 0 Å². The number of hydrogen-bond donors (Lipinski definition) is 1. The van der Waals surface area contributed by atoms with Crippen molar-refractivity contribution < 1.29 is 9.47 Å². The Balaban J connectivity index is 2.38. The van der Waals surface area contributed by atoms with Crippen molar-refractivity contribution in [1.29, 1.82) is 0 Å². The third-order valence-corrected chi connectivity index (χ3v) is 2.39. The lowest BCUT2D eigenvalue weighted by Gasteiger charge is -2.13. The summed E-state index contributed by atoms with van der Waals surface area (Å²) in [5, 5.41) is 3.36. The van der Waals surface area contributed by atoms with Gasteiger partial charge in [-0.05, 0) is 12.5 Å². The van der Waals surface area contributed by atoms with Gasteiger partial charge < -0.3 is 14.8 Å². The minimum atomic E-state index is 0.450.